The van der Waals surface area contributed by atoms with Crippen LogP contribution >= 0.6 is 0 Å². The highest BCUT2D eigenvalue weighted by atomic mass is 16.5. The summed E-state index contributed by atoms with van der Waals surface area (Å²) in [5.74, 6) is 2.68. The van der Waals surface area contributed by atoms with Gasteiger partial charge in [0, 0.05) is 26.1 Å². The Kier molecular flexibility index (Phi) is 10.0. The maximum absolute atomic E-state index is 13.7. The molecule has 8 nitrogen and oxygen atoms in total. The first-order valence-electron chi connectivity index (χ1n) is 13.0. The van der Waals surface area contributed by atoms with Crippen molar-refractivity contribution in [3.05, 3.63) is 47.4 Å². The fourth-order valence-electron chi connectivity index (χ4n) is 4.47. The van der Waals surface area contributed by atoms with Gasteiger partial charge in [-0.05, 0) is 61.4 Å². The van der Waals surface area contributed by atoms with Crippen LogP contribution in [0.2, 0.25) is 0 Å². The number of hydrogen-bond acceptors (Lipinski definition) is 6. The number of carbonyl (C=O) groups excluding carboxylic acids is 2. The molecule has 0 radical (unpaired) electrons. The highest BCUT2D eigenvalue weighted by Gasteiger charge is 2.29. The molecule has 2 heterocycles. The third-order valence-electron chi connectivity index (χ3n) is 6.42. The Morgan fingerprint density at radius 1 is 1.03 bits per heavy atom. The third kappa shape index (κ3) is 8.81. The molecule has 8 heteroatoms. The van der Waals surface area contributed by atoms with Gasteiger partial charge in [0.05, 0.1) is 33.4 Å². The molecule has 37 heavy (non-hydrogen) atoms. The summed E-state index contributed by atoms with van der Waals surface area (Å²) in [6.07, 6.45) is 2.85. The molecule has 1 aliphatic heterocycles. The highest BCUT2D eigenvalue weighted by molar-refractivity contribution is 5.85. The number of amides is 2. The van der Waals surface area contributed by atoms with Crippen molar-refractivity contribution in [2.24, 2.45) is 5.41 Å². The molecule has 0 saturated carbocycles. The van der Waals surface area contributed by atoms with Crippen LogP contribution in [0.4, 0.5) is 0 Å². The first kappa shape index (κ1) is 28.6. The van der Waals surface area contributed by atoms with Crippen molar-refractivity contribution in [3.8, 4) is 11.5 Å². The maximum atomic E-state index is 13.7. The zero-order chi connectivity index (χ0) is 27.0. The molecule has 1 aromatic carbocycles. The number of ether oxygens (including phenoxy) is 3. The molecular weight excluding hydrogens is 472 g/mol. The number of nitrogens with zero attached hydrogens (tertiary/aromatic N) is 2. The summed E-state index contributed by atoms with van der Waals surface area (Å²) in [5, 5.41) is 0. The fourth-order valence-corrected chi connectivity index (χ4v) is 4.47. The van der Waals surface area contributed by atoms with Crippen LogP contribution in [0.15, 0.2) is 34.7 Å². The number of furan rings is 1. The number of rotatable bonds is 12. The van der Waals surface area contributed by atoms with Gasteiger partial charge in [0.2, 0.25) is 11.8 Å². The Labute approximate surface area is 220 Å². The minimum atomic E-state index is -0.173. The highest BCUT2D eigenvalue weighted by Crippen LogP contribution is 2.28. The normalized spacial score (nSPS) is 15.5. The van der Waals surface area contributed by atoms with Crippen LogP contribution in [0.25, 0.3) is 0 Å². The van der Waals surface area contributed by atoms with E-state index >= 15 is 0 Å². The van der Waals surface area contributed by atoms with Crippen molar-refractivity contribution in [3.63, 3.8) is 0 Å². The molecule has 0 spiro atoms. The van der Waals surface area contributed by atoms with Crippen molar-refractivity contribution >= 4 is 11.8 Å². The second-order valence-corrected chi connectivity index (χ2v) is 10.9. The molecule has 2 amide bonds. The van der Waals surface area contributed by atoms with Crippen molar-refractivity contribution in [2.75, 3.05) is 40.5 Å². The number of benzene rings is 1. The van der Waals surface area contributed by atoms with Crippen LogP contribution in [0, 0.1) is 12.3 Å². The SMILES string of the molecule is COc1ccc(CCN(Cc2ccc(C)o2)C(=O)CN(C[C@H]2CCCO2)C(=O)CC(C)(C)C)cc1OC. The quantitative estimate of drug-likeness (QED) is 0.411. The van der Waals surface area contributed by atoms with Crippen LogP contribution < -0.4 is 9.47 Å². The van der Waals surface area contributed by atoms with E-state index in [1.165, 1.54) is 0 Å². The van der Waals surface area contributed by atoms with Gasteiger partial charge in [-0.15, -0.1) is 0 Å². The van der Waals surface area contributed by atoms with Gasteiger partial charge < -0.3 is 28.4 Å². The number of methoxy groups -OCH3 is 2. The molecule has 1 fully saturated rings. The van der Waals surface area contributed by atoms with Crippen molar-refractivity contribution in [2.45, 2.75) is 66.0 Å². The van der Waals surface area contributed by atoms with Crippen LogP contribution in [0.1, 0.15) is 57.1 Å². The van der Waals surface area contributed by atoms with Gasteiger partial charge in [-0.1, -0.05) is 26.8 Å². The Morgan fingerprint density at radius 2 is 1.78 bits per heavy atom. The predicted molar refractivity (Wildman–Crippen MR) is 142 cm³/mol. The second-order valence-electron chi connectivity index (χ2n) is 10.9. The van der Waals surface area contributed by atoms with E-state index in [1.807, 2.05) is 58.0 Å². The smallest absolute Gasteiger partial charge is 0.242 e. The molecule has 1 atom stereocenters. The molecule has 0 unspecified atom stereocenters. The van der Waals surface area contributed by atoms with Crippen LogP contribution in [-0.4, -0.2) is 68.2 Å². The van der Waals surface area contributed by atoms with Gasteiger partial charge in [0.25, 0.3) is 0 Å². The Balaban J connectivity index is 1.76. The summed E-state index contributed by atoms with van der Waals surface area (Å²) in [6.45, 7) is 9.94. The lowest BCUT2D eigenvalue weighted by Gasteiger charge is -2.30. The zero-order valence-corrected chi connectivity index (χ0v) is 23.2. The van der Waals surface area contributed by atoms with Gasteiger partial charge in [-0.3, -0.25) is 9.59 Å². The van der Waals surface area contributed by atoms with Crippen molar-refractivity contribution in [1.82, 2.24) is 9.80 Å². The Bertz CT molecular complexity index is 1040. The van der Waals surface area contributed by atoms with E-state index in [4.69, 9.17) is 18.6 Å². The lowest BCUT2D eigenvalue weighted by molar-refractivity contribution is -0.143. The van der Waals surface area contributed by atoms with Crippen molar-refractivity contribution in [1.29, 1.82) is 0 Å². The monoisotopic (exact) mass is 514 g/mol. The molecule has 1 aromatic heterocycles. The molecular formula is C29H42N2O6. The van der Waals surface area contributed by atoms with E-state index in [9.17, 15) is 9.59 Å². The first-order valence-corrected chi connectivity index (χ1v) is 13.0. The van der Waals surface area contributed by atoms with Crippen LogP contribution in [-0.2, 0) is 27.3 Å². The number of hydrogen-bond donors (Lipinski definition) is 0. The van der Waals surface area contributed by atoms with E-state index in [1.54, 1.807) is 24.0 Å². The lowest BCUT2D eigenvalue weighted by Crippen LogP contribution is -2.46. The van der Waals surface area contributed by atoms with Gasteiger partial charge in [0.15, 0.2) is 11.5 Å². The fraction of sp³-hybridized carbons (Fsp3) is 0.586. The molecule has 0 bridgehead atoms. The molecule has 2 aromatic rings. The number of aryl methyl sites for hydroxylation is 1. The largest absolute Gasteiger partial charge is 0.493 e. The van der Waals surface area contributed by atoms with Crippen LogP contribution in [0.5, 0.6) is 11.5 Å². The summed E-state index contributed by atoms with van der Waals surface area (Å²) in [6, 6.07) is 9.54. The summed E-state index contributed by atoms with van der Waals surface area (Å²) in [7, 11) is 3.21. The van der Waals surface area contributed by atoms with Gasteiger partial charge in [0.1, 0.15) is 11.5 Å². The predicted octanol–water partition coefficient (Wildman–Crippen LogP) is 4.62. The summed E-state index contributed by atoms with van der Waals surface area (Å²) in [4.78, 5) is 30.3. The topological polar surface area (TPSA) is 81.5 Å². The van der Waals surface area contributed by atoms with E-state index in [0.29, 0.717) is 56.3 Å². The van der Waals surface area contributed by atoms with Crippen molar-refractivity contribution < 1.29 is 28.2 Å². The van der Waals surface area contributed by atoms with E-state index < -0.39 is 0 Å². The molecule has 204 valence electrons. The summed E-state index contributed by atoms with van der Waals surface area (Å²) >= 11 is 0. The van der Waals surface area contributed by atoms with Gasteiger partial charge >= 0.3 is 0 Å². The zero-order valence-electron chi connectivity index (χ0n) is 23.2. The number of carbonyl (C=O) groups is 2. The second kappa shape index (κ2) is 13.0. The first-order chi connectivity index (χ1) is 17.6. The summed E-state index contributed by atoms with van der Waals surface area (Å²) < 4.78 is 22.3. The minimum absolute atomic E-state index is 0.0143. The van der Waals surface area contributed by atoms with Crippen LogP contribution in [0.3, 0.4) is 0 Å². The third-order valence-corrected chi connectivity index (χ3v) is 6.42. The minimum Gasteiger partial charge on any atom is -0.493 e. The molecule has 0 aliphatic carbocycles. The molecule has 3 rings (SSSR count). The molecule has 0 N–H and O–H groups in total. The lowest BCUT2D eigenvalue weighted by atomic mass is 9.91. The van der Waals surface area contributed by atoms with E-state index in [-0.39, 0.29) is 29.9 Å². The van der Waals surface area contributed by atoms with Gasteiger partial charge in [-0.25, -0.2) is 0 Å². The molecule has 1 aliphatic rings. The Morgan fingerprint density at radius 3 is 2.38 bits per heavy atom. The van der Waals surface area contributed by atoms with E-state index in [0.717, 1.165) is 24.2 Å². The summed E-state index contributed by atoms with van der Waals surface area (Å²) in [5.41, 5.74) is 0.847. The average molecular weight is 515 g/mol. The standard InChI is InChI=1S/C29H42N2O6/c1-21-9-11-24(37-21)19-30(14-13-22-10-12-25(34-5)26(16-22)35-6)28(33)20-31(18-23-8-7-15-36-23)27(32)17-29(2,3)4/h9-12,16,23H,7-8,13-15,17-20H2,1-6H3/t23-/m1/s1. The Hall–Kier alpha value is -3.00. The molecule has 1 saturated heterocycles. The maximum Gasteiger partial charge on any atom is 0.242 e. The average Bonchev–Trinajstić information content (AvgIpc) is 3.51. The van der Waals surface area contributed by atoms with E-state index in [2.05, 4.69) is 0 Å². The van der Waals surface area contributed by atoms with Gasteiger partial charge in [-0.2, -0.15) is 0 Å².